The summed E-state index contributed by atoms with van der Waals surface area (Å²) >= 11 is 0. The van der Waals surface area contributed by atoms with Crippen LogP contribution in [-0.4, -0.2) is 32.5 Å². The lowest BCUT2D eigenvalue weighted by Gasteiger charge is -2.33. The lowest BCUT2D eigenvalue weighted by molar-refractivity contribution is -0.383. The van der Waals surface area contributed by atoms with E-state index in [9.17, 15) is 10.1 Å². The van der Waals surface area contributed by atoms with Crippen LogP contribution >= 0.6 is 0 Å². The summed E-state index contributed by atoms with van der Waals surface area (Å²) in [6.45, 7) is 2.84. The van der Waals surface area contributed by atoms with Gasteiger partial charge in [-0.25, -0.2) is 9.97 Å². The monoisotopic (exact) mass is 364 g/mol. The number of pyridine rings is 1. The van der Waals surface area contributed by atoms with E-state index in [0.29, 0.717) is 5.82 Å². The van der Waals surface area contributed by atoms with Crippen LogP contribution in [0, 0.1) is 10.1 Å². The van der Waals surface area contributed by atoms with Gasteiger partial charge < -0.3 is 10.2 Å². The van der Waals surface area contributed by atoms with Crippen molar-refractivity contribution < 1.29 is 4.92 Å². The zero-order valence-corrected chi connectivity index (χ0v) is 15.0. The number of piperidine rings is 1. The molecule has 1 aliphatic rings. The van der Waals surface area contributed by atoms with E-state index in [4.69, 9.17) is 0 Å². The van der Waals surface area contributed by atoms with Gasteiger partial charge in [-0.1, -0.05) is 6.07 Å². The fraction of sp³-hybridized carbons (Fsp3) is 0.316. The minimum Gasteiger partial charge on any atom is -0.348 e. The van der Waals surface area contributed by atoms with Gasteiger partial charge in [0.15, 0.2) is 0 Å². The van der Waals surface area contributed by atoms with Crippen LogP contribution in [0.1, 0.15) is 26.2 Å². The summed E-state index contributed by atoms with van der Waals surface area (Å²) < 4.78 is 0. The maximum absolute atomic E-state index is 11.9. The van der Waals surface area contributed by atoms with Crippen molar-refractivity contribution in [1.82, 2.24) is 15.0 Å². The summed E-state index contributed by atoms with van der Waals surface area (Å²) in [5.41, 5.74) is 1.44. The van der Waals surface area contributed by atoms with E-state index in [-0.39, 0.29) is 17.5 Å². The van der Waals surface area contributed by atoms with Crippen molar-refractivity contribution >= 4 is 33.9 Å². The molecular formula is C19H20N6O2. The molecule has 0 amide bonds. The molecule has 27 heavy (non-hydrogen) atoms. The molecule has 0 bridgehead atoms. The van der Waals surface area contributed by atoms with E-state index in [0.717, 1.165) is 42.4 Å². The van der Waals surface area contributed by atoms with E-state index in [1.807, 2.05) is 35.2 Å². The highest BCUT2D eigenvalue weighted by atomic mass is 16.6. The Morgan fingerprint density at radius 2 is 2.07 bits per heavy atom. The highest BCUT2D eigenvalue weighted by molar-refractivity contribution is 5.93. The third-order valence-electron chi connectivity index (χ3n) is 4.96. The van der Waals surface area contributed by atoms with Crippen LogP contribution in [0.15, 0.2) is 42.9 Å². The van der Waals surface area contributed by atoms with E-state index < -0.39 is 4.92 Å². The van der Waals surface area contributed by atoms with Crippen molar-refractivity contribution in [2.24, 2.45) is 0 Å². The molecule has 8 heteroatoms. The van der Waals surface area contributed by atoms with Crippen LogP contribution < -0.4 is 10.2 Å². The second kappa shape index (κ2) is 7.14. The van der Waals surface area contributed by atoms with Crippen molar-refractivity contribution in [3.8, 4) is 0 Å². The van der Waals surface area contributed by atoms with Gasteiger partial charge in [0.05, 0.1) is 10.4 Å². The summed E-state index contributed by atoms with van der Waals surface area (Å²) in [6.07, 6.45) is 6.23. The number of benzene rings is 1. The van der Waals surface area contributed by atoms with Gasteiger partial charge >= 0.3 is 5.69 Å². The Kier molecular flexibility index (Phi) is 4.53. The minimum absolute atomic E-state index is 0.0906. The van der Waals surface area contributed by atoms with Gasteiger partial charge in [0.2, 0.25) is 11.6 Å². The number of anilines is 3. The van der Waals surface area contributed by atoms with Crippen molar-refractivity contribution in [1.29, 1.82) is 0 Å². The van der Waals surface area contributed by atoms with Gasteiger partial charge in [-0.15, -0.1) is 0 Å². The molecule has 1 unspecified atom stereocenters. The first-order valence-corrected chi connectivity index (χ1v) is 9.02. The Labute approximate surface area is 156 Å². The fourth-order valence-corrected chi connectivity index (χ4v) is 3.59. The molecule has 1 fully saturated rings. The number of aromatic nitrogens is 3. The van der Waals surface area contributed by atoms with E-state index in [1.165, 1.54) is 6.33 Å². The van der Waals surface area contributed by atoms with Crippen molar-refractivity contribution in [3.05, 3.63) is 53.0 Å². The molecule has 2 aromatic heterocycles. The molecule has 1 aromatic carbocycles. The molecule has 0 spiro atoms. The van der Waals surface area contributed by atoms with Crippen molar-refractivity contribution in [3.63, 3.8) is 0 Å². The molecule has 0 aliphatic carbocycles. The number of hydrogen-bond acceptors (Lipinski definition) is 7. The van der Waals surface area contributed by atoms with E-state index >= 15 is 0 Å². The number of nitrogens with zero attached hydrogens (tertiary/aromatic N) is 5. The molecule has 4 rings (SSSR count). The second-order valence-electron chi connectivity index (χ2n) is 6.69. The second-order valence-corrected chi connectivity index (χ2v) is 6.69. The molecule has 0 radical (unpaired) electrons. The van der Waals surface area contributed by atoms with E-state index in [2.05, 4.69) is 27.2 Å². The number of rotatable bonds is 4. The predicted octanol–water partition coefficient (Wildman–Crippen LogP) is 4.06. The van der Waals surface area contributed by atoms with Crippen LogP contribution in [0.25, 0.3) is 10.9 Å². The molecule has 8 nitrogen and oxygen atoms in total. The minimum atomic E-state index is -0.400. The molecule has 1 N–H and O–H groups in total. The number of nitrogens with one attached hydrogen (secondary N) is 1. The van der Waals surface area contributed by atoms with Gasteiger partial charge in [0, 0.05) is 29.9 Å². The lowest BCUT2D eigenvalue weighted by Crippen LogP contribution is -2.38. The molecular weight excluding hydrogens is 344 g/mol. The quantitative estimate of drug-likeness (QED) is 0.551. The Balaban J connectivity index is 1.79. The molecule has 3 aromatic rings. The summed E-state index contributed by atoms with van der Waals surface area (Å²) in [5.74, 6) is 0.571. The molecule has 1 saturated heterocycles. The highest BCUT2D eigenvalue weighted by Gasteiger charge is 2.30. The molecule has 0 saturated carbocycles. The Hall–Kier alpha value is -3.29. The van der Waals surface area contributed by atoms with Gasteiger partial charge in [-0.2, -0.15) is 0 Å². The van der Waals surface area contributed by atoms with Gasteiger partial charge in [0.25, 0.3) is 0 Å². The van der Waals surface area contributed by atoms with Gasteiger partial charge in [0.1, 0.15) is 6.33 Å². The van der Waals surface area contributed by atoms with Crippen LogP contribution in [0.4, 0.5) is 23.0 Å². The van der Waals surface area contributed by atoms with Crippen LogP contribution in [0.3, 0.4) is 0 Å². The summed E-state index contributed by atoms with van der Waals surface area (Å²) in [7, 11) is 0. The summed E-state index contributed by atoms with van der Waals surface area (Å²) in [5, 5.41) is 15.9. The third kappa shape index (κ3) is 3.25. The maximum atomic E-state index is 11.9. The zero-order valence-electron chi connectivity index (χ0n) is 15.0. The van der Waals surface area contributed by atoms with Crippen LogP contribution in [0.5, 0.6) is 0 Å². The Bertz CT molecular complexity index is 988. The first-order chi connectivity index (χ1) is 13.1. The number of hydrogen-bond donors (Lipinski definition) is 1. The average Bonchev–Trinajstić information content (AvgIpc) is 2.68. The molecule has 3 heterocycles. The van der Waals surface area contributed by atoms with Crippen molar-refractivity contribution in [2.75, 3.05) is 16.8 Å². The van der Waals surface area contributed by atoms with E-state index in [1.54, 1.807) is 6.20 Å². The largest absolute Gasteiger partial charge is 0.353 e. The van der Waals surface area contributed by atoms with Gasteiger partial charge in [-0.3, -0.25) is 15.1 Å². The number of nitro groups is 1. The Morgan fingerprint density at radius 1 is 1.19 bits per heavy atom. The highest BCUT2D eigenvalue weighted by Crippen LogP contribution is 2.37. The standard InChI is InChI=1S/C19H20N6O2/c1-13-6-2-3-11-24(13)19-17(25(26)27)18(21-12-22-19)23-16-9-4-8-15-14(16)7-5-10-20-15/h4-5,7-10,12-13H,2-3,6,11H2,1H3,(H,21,22,23). The molecule has 138 valence electrons. The normalized spacial score (nSPS) is 17.1. The Morgan fingerprint density at radius 3 is 2.89 bits per heavy atom. The zero-order chi connectivity index (χ0) is 18.8. The number of fused-ring (bicyclic) bond motifs is 1. The van der Waals surface area contributed by atoms with Crippen LogP contribution in [-0.2, 0) is 0 Å². The smallest absolute Gasteiger partial charge is 0.348 e. The van der Waals surface area contributed by atoms with Crippen molar-refractivity contribution in [2.45, 2.75) is 32.2 Å². The first-order valence-electron chi connectivity index (χ1n) is 9.02. The SMILES string of the molecule is CC1CCCCN1c1ncnc(Nc2cccc3ncccc23)c1[N+](=O)[O-]. The predicted molar refractivity (Wildman–Crippen MR) is 104 cm³/mol. The topological polar surface area (TPSA) is 97.1 Å². The summed E-state index contributed by atoms with van der Waals surface area (Å²) in [4.78, 5) is 26.3. The lowest BCUT2D eigenvalue weighted by atomic mass is 10.0. The van der Waals surface area contributed by atoms with Crippen LogP contribution in [0.2, 0.25) is 0 Å². The molecule has 1 aliphatic heterocycles. The van der Waals surface area contributed by atoms with Gasteiger partial charge in [-0.05, 0) is 50.5 Å². The first kappa shape index (κ1) is 17.1. The average molecular weight is 364 g/mol. The molecule has 1 atom stereocenters. The third-order valence-corrected chi connectivity index (χ3v) is 4.96. The maximum Gasteiger partial charge on any atom is 0.353 e. The fourth-order valence-electron chi connectivity index (χ4n) is 3.59. The summed E-state index contributed by atoms with van der Waals surface area (Å²) in [6, 6.07) is 9.59.